The highest BCUT2D eigenvalue weighted by atomic mass is 35.5. The standard InChI is InChI=1S/C19H14ClN3OS/c1-24-14-9-5-8-13(10-14)21-17-16-15(12-6-3-2-4-7-12)11-25-18(16)23-19(20)22-17/h2-11H,1H3,(H,21,22,23). The maximum atomic E-state index is 6.12. The lowest BCUT2D eigenvalue weighted by atomic mass is 10.1. The fourth-order valence-electron chi connectivity index (χ4n) is 2.67. The number of halogens is 1. The molecule has 0 amide bonds. The largest absolute Gasteiger partial charge is 0.497 e. The summed E-state index contributed by atoms with van der Waals surface area (Å²) in [5.41, 5.74) is 3.08. The molecule has 1 N–H and O–H groups in total. The number of aromatic nitrogens is 2. The maximum Gasteiger partial charge on any atom is 0.225 e. The molecule has 6 heteroatoms. The van der Waals surface area contributed by atoms with Crippen LogP contribution in [0.3, 0.4) is 0 Å². The first kappa shape index (κ1) is 15.9. The van der Waals surface area contributed by atoms with Crippen LogP contribution in [0, 0.1) is 0 Å². The van der Waals surface area contributed by atoms with Crippen LogP contribution in [0.2, 0.25) is 5.28 Å². The van der Waals surface area contributed by atoms with Crippen molar-refractivity contribution in [1.82, 2.24) is 9.97 Å². The summed E-state index contributed by atoms with van der Waals surface area (Å²) in [7, 11) is 1.64. The molecular weight excluding hydrogens is 354 g/mol. The van der Waals surface area contributed by atoms with Gasteiger partial charge in [-0.1, -0.05) is 36.4 Å². The first-order chi connectivity index (χ1) is 12.2. The van der Waals surface area contributed by atoms with Crippen molar-refractivity contribution in [2.75, 3.05) is 12.4 Å². The highest BCUT2D eigenvalue weighted by Gasteiger charge is 2.15. The zero-order valence-corrected chi connectivity index (χ0v) is 14.9. The van der Waals surface area contributed by atoms with E-state index < -0.39 is 0 Å². The van der Waals surface area contributed by atoms with Gasteiger partial charge in [0, 0.05) is 22.7 Å². The summed E-state index contributed by atoms with van der Waals surface area (Å²) >= 11 is 7.68. The lowest BCUT2D eigenvalue weighted by Gasteiger charge is -2.10. The molecule has 2 heterocycles. The van der Waals surface area contributed by atoms with E-state index in [-0.39, 0.29) is 5.28 Å². The molecule has 2 aromatic carbocycles. The number of fused-ring (bicyclic) bond motifs is 1. The summed E-state index contributed by atoms with van der Waals surface area (Å²) in [4.78, 5) is 9.64. The second kappa shape index (κ2) is 6.70. The molecule has 0 aliphatic heterocycles. The van der Waals surface area contributed by atoms with E-state index in [1.807, 2.05) is 42.5 Å². The summed E-state index contributed by atoms with van der Waals surface area (Å²) in [5.74, 6) is 1.46. The molecule has 0 spiro atoms. The molecule has 0 aliphatic carbocycles. The van der Waals surface area contributed by atoms with Crippen LogP contribution in [0.15, 0.2) is 60.0 Å². The molecule has 0 saturated heterocycles. The SMILES string of the molecule is COc1cccc(Nc2nc(Cl)nc3scc(-c4ccccc4)c23)c1. The number of hydrogen-bond acceptors (Lipinski definition) is 5. The van der Waals surface area contributed by atoms with Crippen LogP contribution in [0.25, 0.3) is 21.3 Å². The molecule has 0 atom stereocenters. The average molecular weight is 368 g/mol. The van der Waals surface area contributed by atoms with Crippen LogP contribution in [0.5, 0.6) is 5.75 Å². The Balaban J connectivity index is 1.86. The third-order valence-corrected chi connectivity index (χ3v) is 4.86. The van der Waals surface area contributed by atoms with Crippen molar-refractivity contribution in [2.24, 2.45) is 0 Å². The first-order valence-corrected chi connectivity index (χ1v) is 8.91. The maximum absolute atomic E-state index is 6.12. The van der Waals surface area contributed by atoms with Crippen molar-refractivity contribution in [2.45, 2.75) is 0 Å². The predicted octanol–water partition coefficient (Wildman–Crippen LogP) is 5.76. The van der Waals surface area contributed by atoms with E-state index in [1.165, 1.54) is 0 Å². The molecule has 0 aliphatic rings. The van der Waals surface area contributed by atoms with Crippen LogP contribution >= 0.6 is 22.9 Å². The van der Waals surface area contributed by atoms with Gasteiger partial charge in [-0.05, 0) is 29.3 Å². The van der Waals surface area contributed by atoms with Crippen LogP contribution in [-0.2, 0) is 0 Å². The first-order valence-electron chi connectivity index (χ1n) is 7.66. The minimum absolute atomic E-state index is 0.222. The fraction of sp³-hybridized carbons (Fsp3) is 0.0526. The van der Waals surface area contributed by atoms with Crippen molar-refractivity contribution in [1.29, 1.82) is 0 Å². The van der Waals surface area contributed by atoms with E-state index in [0.717, 1.165) is 32.8 Å². The summed E-state index contributed by atoms with van der Waals surface area (Å²) in [6.45, 7) is 0. The number of thiophene rings is 1. The summed E-state index contributed by atoms with van der Waals surface area (Å²) < 4.78 is 5.29. The van der Waals surface area contributed by atoms with Gasteiger partial charge in [-0.25, -0.2) is 4.98 Å². The van der Waals surface area contributed by atoms with Crippen molar-refractivity contribution in [3.8, 4) is 16.9 Å². The van der Waals surface area contributed by atoms with Crippen LogP contribution in [0.4, 0.5) is 11.5 Å². The summed E-state index contributed by atoms with van der Waals surface area (Å²) in [6, 6.07) is 17.9. The molecule has 0 unspecified atom stereocenters. The lowest BCUT2D eigenvalue weighted by Crippen LogP contribution is -1.97. The molecule has 2 aromatic heterocycles. The Morgan fingerprint density at radius 2 is 1.88 bits per heavy atom. The average Bonchev–Trinajstić information content (AvgIpc) is 3.06. The Kier molecular flexibility index (Phi) is 4.26. The topological polar surface area (TPSA) is 47.0 Å². The van der Waals surface area contributed by atoms with E-state index in [9.17, 15) is 0 Å². The molecule has 25 heavy (non-hydrogen) atoms. The zero-order valence-electron chi connectivity index (χ0n) is 13.4. The van der Waals surface area contributed by atoms with E-state index in [4.69, 9.17) is 16.3 Å². The lowest BCUT2D eigenvalue weighted by molar-refractivity contribution is 0.415. The Hall–Kier alpha value is -2.63. The fourth-order valence-corrected chi connectivity index (χ4v) is 3.84. The van der Waals surface area contributed by atoms with Crippen molar-refractivity contribution in [3.05, 3.63) is 65.3 Å². The van der Waals surface area contributed by atoms with Gasteiger partial charge in [0.05, 0.1) is 12.5 Å². The van der Waals surface area contributed by atoms with Gasteiger partial charge >= 0.3 is 0 Å². The number of benzene rings is 2. The quantitative estimate of drug-likeness (QED) is 0.465. The molecular formula is C19H14ClN3OS. The smallest absolute Gasteiger partial charge is 0.225 e. The minimum atomic E-state index is 0.222. The Morgan fingerprint density at radius 3 is 2.68 bits per heavy atom. The third-order valence-electron chi connectivity index (χ3n) is 3.82. The number of nitrogens with one attached hydrogen (secondary N) is 1. The van der Waals surface area contributed by atoms with Gasteiger partial charge in [-0.3, -0.25) is 0 Å². The molecule has 4 nitrogen and oxygen atoms in total. The van der Waals surface area contributed by atoms with E-state index in [1.54, 1.807) is 18.4 Å². The third kappa shape index (κ3) is 3.16. The van der Waals surface area contributed by atoms with Gasteiger partial charge in [0.1, 0.15) is 16.4 Å². The second-order valence-electron chi connectivity index (χ2n) is 5.39. The molecule has 0 fully saturated rings. The molecule has 4 rings (SSSR count). The summed E-state index contributed by atoms with van der Waals surface area (Å²) in [5, 5.41) is 6.62. The van der Waals surface area contributed by atoms with Gasteiger partial charge in [-0.2, -0.15) is 4.98 Å². The van der Waals surface area contributed by atoms with Crippen molar-refractivity contribution >= 4 is 44.7 Å². The van der Waals surface area contributed by atoms with Gasteiger partial charge in [0.15, 0.2) is 0 Å². The minimum Gasteiger partial charge on any atom is -0.497 e. The highest BCUT2D eigenvalue weighted by molar-refractivity contribution is 7.17. The molecule has 4 aromatic rings. The Labute approximate surface area is 154 Å². The van der Waals surface area contributed by atoms with Gasteiger partial charge in [0.2, 0.25) is 5.28 Å². The van der Waals surface area contributed by atoms with Gasteiger partial charge < -0.3 is 10.1 Å². The van der Waals surface area contributed by atoms with E-state index >= 15 is 0 Å². The molecule has 0 radical (unpaired) electrons. The van der Waals surface area contributed by atoms with Crippen molar-refractivity contribution in [3.63, 3.8) is 0 Å². The van der Waals surface area contributed by atoms with E-state index in [2.05, 4.69) is 32.8 Å². The number of hydrogen-bond donors (Lipinski definition) is 1. The monoisotopic (exact) mass is 367 g/mol. The van der Waals surface area contributed by atoms with Crippen LogP contribution in [-0.4, -0.2) is 17.1 Å². The van der Waals surface area contributed by atoms with Gasteiger partial charge in [0.25, 0.3) is 0 Å². The van der Waals surface area contributed by atoms with Gasteiger partial charge in [-0.15, -0.1) is 11.3 Å². The number of methoxy groups -OCH3 is 1. The molecule has 0 bridgehead atoms. The molecule has 124 valence electrons. The highest BCUT2D eigenvalue weighted by Crippen LogP contribution is 2.38. The number of ether oxygens (including phenoxy) is 1. The van der Waals surface area contributed by atoms with Crippen LogP contribution in [0.1, 0.15) is 0 Å². The van der Waals surface area contributed by atoms with Crippen molar-refractivity contribution < 1.29 is 4.74 Å². The number of anilines is 2. The Morgan fingerprint density at radius 1 is 1.04 bits per heavy atom. The summed E-state index contributed by atoms with van der Waals surface area (Å²) in [6.07, 6.45) is 0. The number of nitrogens with zero attached hydrogens (tertiary/aromatic N) is 2. The Bertz CT molecular complexity index is 1030. The molecule has 0 saturated carbocycles. The zero-order chi connectivity index (χ0) is 17.2. The number of rotatable bonds is 4. The second-order valence-corrected chi connectivity index (χ2v) is 6.59. The van der Waals surface area contributed by atoms with Crippen LogP contribution < -0.4 is 10.1 Å². The normalized spacial score (nSPS) is 10.8. The van der Waals surface area contributed by atoms with E-state index in [0.29, 0.717) is 5.82 Å². The predicted molar refractivity (Wildman–Crippen MR) is 104 cm³/mol.